The van der Waals surface area contributed by atoms with Crippen LogP contribution in [0.4, 0.5) is 0 Å². The number of hydrogen-bond acceptors (Lipinski definition) is 1. The number of aromatic amines is 1. The van der Waals surface area contributed by atoms with E-state index in [0.717, 1.165) is 19.4 Å². The third-order valence-electron chi connectivity index (χ3n) is 3.71. The molecule has 1 aliphatic rings. The zero-order chi connectivity index (χ0) is 12.5. The van der Waals surface area contributed by atoms with E-state index in [9.17, 15) is 4.79 Å². The summed E-state index contributed by atoms with van der Waals surface area (Å²) in [5.74, 6) is 0. The molecule has 2 aromatic rings. The Morgan fingerprint density at radius 1 is 1.44 bits per heavy atom. The van der Waals surface area contributed by atoms with Crippen molar-refractivity contribution in [2.24, 2.45) is 0 Å². The first-order chi connectivity index (χ1) is 8.78. The number of aryl methyl sites for hydroxylation is 1. The molecule has 0 radical (unpaired) electrons. The van der Waals surface area contributed by atoms with Crippen molar-refractivity contribution in [3.05, 3.63) is 35.5 Å². The minimum Gasteiger partial charge on any atom is -0.361 e. The molecule has 1 amide bonds. The molecular weight excluding hydrogens is 224 g/mol. The lowest BCUT2D eigenvalue weighted by atomic mass is 10.1. The number of hydrogen-bond donors (Lipinski definition) is 1. The van der Waals surface area contributed by atoms with E-state index in [2.05, 4.69) is 36.3 Å². The SMILES string of the molecule is Cc1ccc2[nH]cc(CCN(C=O)C3CC3)c2c1. The van der Waals surface area contributed by atoms with Gasteiger partial charge in [0.2, 0.25) is 6.41 Å². The summed E-state index contributed by atoms with van der Waals surface area (Å²) in [5, 5.41) is 1.29. The van der Waals surface area contributed by atoms with Gasteiger partial charge < -0.3 is 9.88 Å². The Morgan fingerprint density at radius 3 is 3.00 bits per heavy atom. The molecule has 0 bridgehead atoms. The van der Waals surface area contributed by atoms with Crippen LogP contribution in [-0.2, 0) is 11.2 Å². The minimum atomic E-state index is 0.509. The second-order valence-corrected chi connectivity index (χ2v) is 5.19. The van der Waals surface area contributed by atoms with Gasteiger partial charge in [0.1, 0.15) is 0 Å². The van der Waals surface area contributed by atoms with Crippen molar-refractivity contribution in [3.63, 3.8) is 0 Å². The van der Waals surface area contributed by atoms with Gasteiger partial charge in [-0.2, -0.15) is 0 Å². The number of benzene rings is 1. The third-order valence-corrected chi connectivity index (χ3v) is 3.71. The van der Waals surface area contributed by atoms with E-state index >= 15 is 0 Å². The van der Waals surface area contributed by atoms with Crippen LogP contribution in [0.3, 0.4) is 0 Å². The molecule has 1 saturated carbocycles. The lowest BCUT2D eigenvalue weighted by Gasteiger charge is -2.15. The molecule has 18 heavy (non-hydrogen) atoms. The maximum absolute atomic E-state index is 11.0. The van der Waals surface area contributed by atoms with Crippen molar-refractivity contribution in [2.75, 3.05) is 6.54 Å². The molecule has 3 nitrogen and oxygen atoms in total. The summed E-state index contributed by atoms with van der Waals surface area (Å²) in [5.41, 5.74) is 3.76. The summed E-state index contributed by atoms with van der Waals surface area (Å²) in [6.45, 7) is 2.94. The van der Waals surface area contributed by atoms with Crippen molar-refractivity contribution in [2.45, 2.75) is 32.2 Å². The Kier molecular flexibility index (Phi) is 2.82. The van der Waals surface area contributed by atoms with Crippen LogP contribution in [-0.4, -0.2) is 28.9 Å². The van der Waals surface area contributed by atoms with Gasteiger partial charge in [0.15, 0.2) is 0 Å². The lowest BCUT2D eigenvalue weighted by molar-refractivity contribution is -0.118. The highest BCUT2D eigenvalue weighted by molar-refractivity contribution is 5.83. The number of fused-ring (bicyclic) bond motifs is 1. The van der Waals surface area contributed by atoms with Crippen LogP contribution in [0.2, 0.25) is 0 Å². The van der Waals surface area contributed by atoms with E-state index < -0.39 is 0 Å². The Balaban J connectivity index is 1.77. The van der Waals surface area contributed by atoms with Crippen LogP contribution in [0.15, 0.2) is 24.4 Å². The van der Waals surface area contributed by atoms with Crippen molar-refractivity contribution < 1.29 is 4.79 Å². The fourth-order valence-electron chi connectivity index (χ4n) is 2.48. The summed E-state index contributed by atoms with van der Waals surface area (Å²) in [7, 11) is 0. The molecule has 1 fully saturated rings. The van der Waals surface area contributed by atoms with Crippen LogP contribution >= 0.6 is 0 Å². The molecule has 1 aromatic heterocycles. The maximum atomic E-state index is 11.0. The Hall–Kier alpha value is -1.77. The standard InChI is InChI=1S/C15H18N2O/c1-11-2-5-15-14(8-11)12(9-16-15)6-7-17(10-18)13-3-4-13/h2,5,8-10,13,16H,3-4,6-7H2,1H3. The van der Waals surface area contributed by atoms with Crippen molar-refractivity contribution in [3.8, 4) is 0 Å². The Labute approximate surface area is 107 Å². The molecule has 1 aliphatic carbocycles. The van der Waals surface area contributed by atoms with Gasteiger partial charge in [-0.05, 0) is 43.9 Å². The minimum absolute atomic E-state index is 0.509. The fraction of sp³-hybridized carbons (Fsp3) is 0.400. The predicted molar refractivity (Wildman–Crippen MR) is 72.5 cm³/mol. The van der Waals surface area contributed by atoms with Gasteiger partial charge in [0.25, 0.3) is 0 Å². The van der Waals surface area contributed by atoms with E-state index in [4.69, 9.17) is 0 Å². The summed E-state index contributed by atoms with van der Waals surface area (Å²) in [6.07, 6.45) is 6.34. The molecule has 94 valence electrons. The maximum Gasteiger partial charge on any atom is 0.209 e. The van der Waals surface area contributed by atoms with Gasteiger partial charge in [-0.15, -0.1) is 0 Å². The largest absolute Gasteiger partial charge is 0.361 e. The third kappa shape index (κ3) is 2.13. The summed E-state index contributed by atoms with van der Waals surface area (Å²) in [6, 6.07) is 6.95. The molecule has 0 unspecified atom stereocenters. The first-order valence-electron chi connectivity index (χ1n) is 6.55. The van der Waals surface area contributed by atoms with Gasteiger partial charge in [-0.25, -0.2) is 0 Å². The number of amides is 1. The molecule has 3 heteroatoms. The van der Waals surface area contributed by atoms with Gasteiger partial charge in [0.05, 0.1) is 0 Å². The number of rotatable bonds is 5. The highest BCUT2D eigenvalue weighted by atomic mass is 16.1. The zero-order valence-electron chi connectivity index (χ0n) is 10.6. The zero-order valence-corrected chi connectivity index (χ0v) is 10.6. The number of nitrogens with zero attached hydrogens (tertiary/aromatic N) is 1. The molecule has 0 aliphatic heterocycles. The summed E-state index contributed by atoms with van der Waals surface area (Å²) >= 11 is 0. The smallest absolute Gasteiger partial charge is 0.209 e. The first kappa shape index (κ1) is 11.3. The number of H-pyrrole nitrogens is 1. The lowest BCUT2D eigenvalue weighted by Crippen LogP contribution is -2.26. The molecular formula is C15H18N2O. The normalized spacial score (nSPS) is 14.9. The van der Waals surface area contributed by atoms with Crippen LogP contribution in [0.5, 0.6) is 0 Å². The second kappa shape index (κ2) is 4.48. The topological polar surface area (TPSA) is 36.1 Å². The van der Waals surface area contributed by atoms with E-state index in [1.165, 1.54) is 34.9 Å². The highest BCUT2D eigenvalue weighted by Crippen LogP contribution is 2.26. The average Bonchev–Trinajstić information content (AvgIpc) is 3.13. The molecule has 0 saturated heterocycles. The number of nitrogens with one attached hydrogen (secondary N) is 1. The monoisotopic (exact) mass is 242 g/mol. The highest BCUT2D eigenvalue weighted by Gasteiger charge is 2.27. The Morgan fingerprint density at radius 2 is 2.28 bits per heavy atom. The molecule has 0 atom stereocenters. The summed E-state index contributed by atoms with van der Waals surface area (Å²) in [4.78, 5) is 16.2. The molecule has 3 rings (SSSR count). The second-order valence-electron chi connectivity index (χ2n) is 5.19. The number of carbonyl (C=O) groups excluding carboxylic acids is 1. The van der Waals surface area contributed by atoms with Crippen LogP contribution in [0.25, 0.3) is 10.9 Å². The van der Waals surface area contributed by atoms with Gasteiger partial charge in [-0.1, -0.05) is 11.6 Å². The quantitative estimate of drug-likeness (QED) is 0.804. The first-order valence-corrected chi connectivity index (χ1v) is 6.55. The molecule has 0 spiro atoms. The number of carbonyl (C=O) groups is 1. The van der Waals surface area contributed by atoms with Crippen molar-refractivity contribution in [1.82, 2.24) is 9.88 Å². The van der Waals surface area contributed by atoms with Crippen LogP contribution in [0.1, 0.15) is 24.0 Å². The molecule has 1 heterocycles. The Bertz CT molecular complexity index is 569. The van der Waals surface area contributed by atoms with E-state index in [0.29, 0.717) is 6.04 Å². The van der Waals surface area contributed by atoms with Crippen molar-refractivity contribution >= 4 is 17.3 Å². The van der Waals surface area contributed by atoms with Crippen molar-refractivity contribution in [1.29, 1.82) is 0 Å². The molecule has 1 aromatic carbocycles. The summed E-state index contributed by atoms with van der Waals surface area (Å²) < 4.78 is 0. The molecule has 1 N–H and O–H groups in total. The van der Waals surface area contributed by atoms with Gasteiger partial charge in [0, 0.05) is 29.7 Å². The number of aromatic nitrogens is 1. The van der Waals surface area contributed by atoms with E-state index in [1.807, 2.05) is 4.90 Å². The van der Waals surface area contributed by atoms with Gasteiger partial charge >= 0.3 is 0 Å². The van der Waals surface area contributed by atoms with E-state index in [1.54, 1.807) is 0 Å². The average molecular weight is 242 g/mol. The van der Waals surface area contributed by atoms with Crippen LogP contribution < -0.4 is 0 Å². The fourth-order valence-corrected chi connectivity index (χ4v) is 2.48. The van der Waals surface area contributed by atoms with E-state index in [-0.39, 0.29) is 0 Å². The van der Waals surface area contributed by atoms with Crippen LogP contribution in [0, 0.1) is 6.92 Å². The predicted octanol–water partition coefficient (Wildman–Crippen LogP) is 2.64. The van der Waals surface area contributed by atoms with Gasteiger partial charge in [-0.3, -0.25) is 4.79 Å².